The summed E-state index contributed by atoms with van der Waals surface area (Å²) in [5.41, 5.74) is 3.44. The van der Waals surface area contributed by atoms with Gasteiger partial charge in [0, 0.05) is 23.5 Å². The molecule has 0 atom stereocenters. The Morgan fingerprint density at radius 2 is 1.93 bits per heavy atom. The van der Waals surface area contributed by atoms with Gasteiger partial charge in [0.15, 0.2) is 0 Å². The quantitative estimate of drug-likeness (QED) is 0.694. The van der Waals surface area contributed by atoms with E-state index in [9.17, 15) is 9.59 Å². The first kappa shape index (κ1) is 17.9. The van der Waals surface area contributed by atoms with E-state index in [-0.39, 0.29) is 18.4 Å². The van der Waals surface area contributed by atoms with Gasteiger partial charge in [0.05, 0.1) is 19.4 Å². The number of fused-ring (bicyclic) bond motifs is 1. The molecule has 0 saturated carbocycles. The molecule has 0 unspecified atom stereocenters. The summed E-state index contributed by atoms with van der Waals surface area (Å²) in [4.78, 5) is 26.7. The van der Waals surface area contributed by atoms with Crippen LogP contribution in [0.1, 0.15) is 21.7 Å². The molecule has 4 rings (SSSR count). The maximum absolute atomic E-state index is 12.6. The highest BCUT2D eigenvalue weighted by Crippen LogP contribution is 2.27. The van der Waals surface area contributed by atoms with Crippen molar-refractivity contribution in [3.8, 4) is 0 Å². The van der Waals surface area contributed by atoms with Crippen LogP contribution in [0.15, 0.2) is 71.3 Å². The smallest absolute Gasteiger partial charge is 0.251 e. The first-order valence-corrected chi connectivity index (χ1v) is 9.23. The molecule has 0 saturated heterocycles. The molecular formula is C22H21N3O3. The van der Waals surface area contributed by atoms with Crippen LogP contribution in [0.3, 0.4) is 0 Å². The Bertz CT molecular complexity index is 982. The number of rotatable bonds is 6. The molecule has 1 aliphatic heterocycles. The van der Waals surface area contributed by atoms with Crippen LogP contribution < -0.4 is 15.5 Å². The Hall–Kier alpha value is -3.54. The lowest BCUT2D eigenvalue weighted by molar-refractivity contribution is -0.116. The lowest BCUT2D eigenvalue weighted by Crippen LogP contribution is -2.34. The monoisotopic (exact) mass is 375 g/mol. The predicted molar refractivity (Wildman–Crippen MR) is 107 cm³/mol. The van der Waals surface area contributed by atoms with Gasteiger partial charge in [-0.1, -0.05) is 24.3 Å². The molecule has 0 bridgehead atoms. The van der Waals surface area contributed by atoms with Crippen LogP contribution in [0, 0.1) is 0 Å². The van der Waals surface area contributed by atoms with Gasteiger partial charge in [0.25, 0.3) is 5.91 Å². The second kappa shape index (κ2) is 8.00. The molecule has 2 amide bonds. The van der Waals surface area contributed by atoms with E-state index in [1.54, 1.807) is 36.6 Å². The van der Waals surface area contributed by atoms with Gasteiger partial charge in [0.1, 0.15) is 5.76 Å². The summed E-state index contributed by atoms with van der Waals surface area (Å²) in [7, 11) is 0. The Labute approximate surface area is 163 Å². The molecule has 28 heavy (non-hydrogen) atoms. The van der Waals surface area contributed by atoms with E-state index in [0.717, 1.165) is 17.8 Å². The fourth-order valence-electron chi connectivity index (χ4n) is 3.32. The number of nitrogens with zero attached hydrogens (tertiary/aromatic N) is 1. The van der Waals surface area contributed by atoms with Crippen molar-refractivity contribution >= 4 is 23.2 Å². The molecular weight excluding hydrogens is 354 g/mol. The van der Waals surface area contributed by atoms with Crippen molar-refractivity contribution in [2.45, 2.75) is 13.0 Å². The fourth-order valence-corrected chi connectivity index (χ4v) is 3.32. The average Bonchev–Trinajstić information content (AvgIpc) is 3.40. The van der Waals surface area contributed by atoms with Crippen molar-refractivity contribution in [3.63, 3.8) is 0 Å². The van der Waals surface area contributed by atoms with Crippen LogP contribution in [0.4, 0.5) is 11.4 Å². The second-order valence-electron chi connectivity index (χ2n) is 6.62. The summed E-state index contributed by atoms with van der Waals surface area (Å²) < 4.78 is 5.21. The summed E-state index contributed by atoms with van der Waals surface area (Å²) in [5, 5.41) is 5.94. The molecule has 0 radical (unpaired) electrons. The predicted octanol–water partition coefficient (Wildman–Crippen LogP) is 3.21. The zero-order chi connectivity index (χ0) is 19.3. The molecule has 0 fully saturated rings. The van der Waals surface area contributed by atoms with Gasteiger partial charge in [-0.25, -0.2) is 0 Å². The lowest BCUT2D eigenvalue weighted by atomic mass is 10.2. The molecule has 1 aliphatic rings. The Kier molecular flexibility index (Phi) is 5.10. The highest BCUT2D eigenvalue weighted by molar-refractivity contribution is 5.98. The number of hydrogen-bond donors (Lipinski definition) is 2. The van der Waals surface area contributed by atoms with Gasteiger partial charge in [-0.15, -0.1) is 0 Å². The lowest BCUT2D eigenvalue weighted by Gasteiger charge is -2.18. The SMILES string of the molecule is O=C(NCc1ccco1)c1cccc(NCC(=O)N2CCc3ccccc32)c1. The maximum atomic E-state index is 12.6. The van der Waals surface area contributed by atoms with Gasteiger partial charge >= 0.3 is 0 Å². The van der Waals surface area contributed by atoms with Gasteiger partial charge in [-0.05, 0) is 48.4 Å². The molecule has 0 spiro atoms. The van der Waals surface area contributed by atoms with Crippen molar-refractivity contribution in [1.82, 2.24) is 5.32 Å². The Morgan fingerprint density at radius 1 is 1.04 bits per heavy atom. The summed E-state index contributed by atoms with van der Waals surface area (Å²) in [6, 6.07) is 18.7. The summed E-state index contributed by atoms with van der Waals surface area (Å²) >= 11 is 0. The molecule has 2 heterocycles. The molecule has 0 aliphatic carbocycles. The highest BCUT2D eigenvalue weighted by atomic mass is 16.3. The van der Waals surface area contributed by atoms with E-state index >= 15 is 0 Å². The van der Waals surface area contributed by atoms with Crippen molar-refractivity contribution < 1.29 is 14.0 Å². The minimum Gasteiger partial charge on any atom is -0.467 e. The molecule has 3 aromatic rings. The zero-order valence-electron chi connectivity index (χ0n) is 15.4. The number of furan rings is 1. The topological polar surface area (TPSA) is 74.6 Å². The van der Waals surface area contributed by atoms with E-state index < -0.39 is 0 Å². The third kappa shape index (κ3) is 3.91. The Morgan fingerprint density at radius 3 is 2.79 bits per heavy atom. The van der Waals surface area contributed by atoms with Crippen molar-refractivity contribution in [2.24, 2.45) is 0 Å². The molecule has 142 valence electrons. The molecule has 6 nitrogen and oxygen atoms in total. The first-order chi connectivity index (χ1) is 13.7. The van der Waals surface area contributed by atoms with Crippen molar-refractivity contribution in [3.05, 3.63) is 83.8 Å². The summed E-state index contributed by atoms with van der Waals surface area (Å²) in [6.45, 7) is 1.21. The van der Waals surface area contributed by atoms with Crippen LogP contribution in [0.25, 0.3) is 0 Å². The van der Waals surface area contributed by atoms with Gasteiger partial charge in [-0.3, -0.25) is 9.59 Å². The van der Waals surface area contributed by atoms with Crippen molar-refractivity contribution in [1.29, 1.82) is 0 Å². The van der Waals surface area contributed by atoms with Crippen LogP contribution in [0.2, 0.25) is 0 Å². The number of hydrogen-bond acceptors (Lipinski definition) is 4. The number of amides is 2. The van der Waals surface area contributed by atoms with Crippen LogP contribution in [-0.2, 0) is 17.8 Å². The number of nitrogens with one attached hydrogen (secondary N) is 2. The van der Waals surface area contributed by atoms with E-state index in [2.05, 4.69) is 16.7 Å². The van der Waals surface area contributed by atoms with Crippen molar-refractivity contribution in [2.75, 3.05) is 23.3 Å². The molecule has 1 aromatic heterocycles. The van der Waals surface area contributed by atoms with Crippen LogP contribution in [0.5, 0.6) is 0 Å². The molecule has 6 heteroatoms. The minimum atomic E-state index is -0.195. The average molecular weight is 375 g/mol. The molecule has 2 N–H and O–H groups in total. The number of anilines is 2. The largest absolute Gasteiger partial charge is 0.467 e. The number of para-hydroxylation sites is 1. The Balaban J connectivity index is 1.35. The van der Waals surface area contributed by atoms with Gasteiger partial charge < -0.3 is 20.0 Å². The standard InChI is InChI=1S/C22H21N3O3/c26-21(25-11-10-16-5-1-2-9-20(16)25)15-23-18-7-3-6-17(13-18)22(27)24-14-19-8-4-12-28-19/h1-9,12-13,23H,10-11,14-15H2,(H,24,27). The van der Waals surface area contributed by atoms with E-state index in [0.29, 0.717) is 24.4 Å². The number of carbonyl (C=O) groups excluding carboxylic acids is 2. The zero-order valence-corrected chi connectivity index (χ0v) is 15.4. The first-order valence-electron chi connectivity index (χ1n) is 9.23. The van der Waals surface area contributed by atoms with Gasteiger partial charge in [0.2, 0.25) is 5.91 Å². The van der Waals surface area contributed by atoms with Crippen LogP contribution >= 0.6 is 0 Å². The number of carbonyl (C=O) groups is 2. The van der Waals surface area contributed by atoms with E-state index in [1.807, 2.05) is 29.2 Å². The second-order valence-corrected chi connectivity index (χ2v) is 6.62. The fraction of sp³-hybridized carbons (Fsp3) is 0.182. The third-order valence-electron chi connectivity index (χ3n) is 4.76. The highest BCUT2D eigenvalue weighted by Gasteiger charge is 2.23. The number of benzene rings is 2. The minimum absolute atomic E-state index is 0.0117. The third-order valence-corrected chi connectivity index (χ3v) is 4.76. The normalized spacial score (nSPS) is 12.5. The maximum Gasteiger partial charge on any atom is 0.251 e. The summed E-state index contributed by atoms with van der Waals surface area (Å²) in [5.74, 6) is 0.511. The van der Waals surface area contributed by atoms with Crippen LogP contribution in [-0.4, -0.2) is 24.9 Å². The van der Waals surface area contributed by atoms with E-state index in [4.69, 9.17) is 4.42 Å². The summed E-state index contributed by atoms with van der Waals surface area (Å²) in [6.07, 6.45) is 2.45. The van der Waals surface area contributed by atoms with Gasteiger partial charge in [-0.2, -0.15) is 0 Å². The molecule has 2 aromatic carbocycles. The van der Waals surface area contributed by atoms with E-state index in [1.165, 1.54) is 5.56 Å².